The molecule has 0 radical (unpaired) electrons. The maximum absolute atomic E-state index is 12.8. The highest BCUT2D eigenvalue weighted by molar-refractivity contribution is 7.89. The Labute approximate surface area is 162 Å². The number of amides is 1. The Morgan fingerprint density at radius 3 is 2.41 bits per heavy atom. The Hall–Kier alpha value is -1.44. The van der Waals surface area contributed by atoms with Crippen LogP contribution in [0, 0.1) is 11.3 Å². The third-order valence-corrected chi connectivity index (χ3v) is 8.44. The second kappa shape index (κ2) is 7.53. The molecule has 3 fully saturated rings. The number of benzene rings is 1. The largest absolute Gasteiger partial charge is 0.341 e. The molecule has 2 saturated heterocycles. The summed E-state index contributed by atoms with van der Waals surface area (Å²) in [7, 11) is -3.40. The number of hydrogen-bond acceptors (Lipinski definition) is 4. The fraction of sp³-hybridized carbons (Fsp3) is 0.650. The van der Waals surface area contributed by atoms with Crippen molar-refractivity contribution in [2.45, 2.75) is 37.0 Å². The summed E-state index contributed by atoms with van der Waals surface area (Å²) in [6, 6.07) is 8.68. The number of nitrogens with one attached hydrogen (secondary N) is 1. The van der Waals surface area contributed by atoms with Gasteiger partial charge in [-0.1, -0.05) is 18.2 Å². The van der Waals surface area contributed by atoms with Crippen LogP contribution in [0.5, 0.6) is 0 Å². The molecular formula is C20H29N3O3S. The maximum Gasteiger partial charge on any atom is 0.243 e. The van der Waals surface area contributed by atoms with Crippen LogP contribution in [0.25, 0.3) is 0 Å². The van der Waals surface area contributed by atoms with Crippen LogP contribution >= 0.6 is 0 Å². The summed E-state index contributed by atoms with van der Waals surface area (Å²) in [6.07, 6.45) is 4.61. The van der Waals surface area contributed by atoms with Gasteiger partial charge in [-0.15, -0.1) is 0 Å². The Morgan fingerprint density at radius 2 is 1.70 bits per heavy atom. The molecule has 0 unspecified atom stereocenters. The fourth-order valence-electron chi connectivity index (χ4n) is 4.84. The number of hydrogen-bond donors (Lipinski definition) is 1. The van der Waals surface area contributed by atoms with Crippen LogP contribution in [-0.4, -0.2) is 62.8 Å². The zero-order valence-electron chi connectivity index (χ0n) is 15.8. The molecule has 2 aliphatic heterocycles. The molecule has 7 heteroatoms. The van der Waals surface area contributed by atoms with E-state index in [9.17, 15) is 13.2 Å². The van der Waals surface area contributed by atoms with E-state index in [-0.39, 0.29) is 11.3 Å². The van der Waals surface area contributed by atoms with Crippen molar-refractivity contribution in [2.75, 3.05) is 39.3 Å². The zero-order chi connectivity index (χ0) is 18.9. The molecule has 27 heavy (non-hydrogen) atoms. The van der Waals surface area contributed by atoms with Gasteiger partial charge >= 0.3 is 0 Å². The molecule has 1 N–H and O–H groups in total. The fourth-order valence-corrected chi connectivity index (χ4v) is 6.30. The predicted octanol–water partition coefficient (Wildman–Crippen LogP) is 1.69. The number of carbonyl (C=O) groups is 1. The van der Waals surface area contributed by atoms with E-state index < -0.39 is 10.0 Å². The van der Waals surface area contributed by atoms with Gasteiger partial charge in [0, 0.05) is 38.6 Å². The molecule has 6 nitrogen and oxygen atoms in total. The molecule has 4 rings (SSSR count). The number of carbonyl (C=O) groups excluding carboxylic acids is 1. The van der Waals surface area contributed by atoms with Crippen molar-refractivity contribution >= 4 is 15.9 Å². The summed E-state index contributed by atoms with van der Waals surface area (Å²) in [5, 5.41) is 3.34. The molecule has 1 amide bonds. The lowest BCUT2D eigenvalue weighted by molar-refractivity contribution is -0.145. The van der Waals surface area contributed by atoms with Crippen LogP contribution in [0.2, 0.25) is 0 Å². The highest BCUT2D eigenvalue weighted by atomic mass is 32.2. The Bertz CT molecular complexity index is 757. The summed E-state index contributed by atoms with van der Waals surface area (Å²) in [4.78, 5) is 15.2. The van der Waals surface area contributed by atoms with Crippen molar-refractivity contribution in [3.05, 3.63) is 30.3 Å². The maximum atomic E-state index is 12.8. The summed E-state index contributed by atoms with van der Waals surface area (Å²) in [6.45, 7) is 4.67. The normalized spacial score (nSPS) is 24.4. The first kappa shape index (κ1) is 18.9. The van der Waals surface area contributed by atoms with Crippen molar-refractivity contribution in [1.29, 1.82) is 0 Å². The molecule has 0 atom stereocenters. The van der Waals surface area contributed by atoms with Crippen molar-refractivity contribution < 1.29 is 13.2 Å². The number of piperidine rings is 1. The number of rotatable bonds is 3. The van der Waals surface area contributed by atoms with Crippen LogP contribution in [0.15, 0.2) is 35.2 Å². The SMILES string of the molecule is O=C(C1CC2(CCN(S(=O)(=O)c3ccccc3)CC2)C1)N1CCCNCC1. The summed E-state index contributed by atoms with van der Waals surface area (Å²) < 4.78 is 27.2. The Morgan fingerprint density at radius 1 is 1.00 bits per heavy atom. The molecule has 1 aliphatic carbocycles. The molecule has 2 heterocycles. The predicted molar refractivity (Wildman–Crippen MR) is 104 cm³/mol. The first-order valence-electron chi connectivity index (χ1n) is 10.0. The average molecular weight is 392 g/mol. The van der Waals surface area contributed by atoms with E-state index in [1.165, 1.54) is 0 Å². The minimum absolute atomic E-state index is 0.139. The van der Waals surface area contributed by atoms with Crippen LogP contribution in [0.1, 0.15) is 32.1 Å². The molecule has 1 saturated carbocycles. The molecule has 0 aromatic heterocycles. The lowest BCUT2D eigenvalue weighted by Gasteiger charge is -2.52. The van der Waals surface area contributed by atoms with Crippen molar-refractivity contribution in [3.8, 4) is 0 Å². The van der Waals surface area contributed by atoms with Gasteiger partial charge in [0.25, 0.3) is 0 Å². The van der Waals surface area contributed by atoms with Gasteiger partial charge in [-0.2, -0.15) is 4.31 Å². The standard InChI is InChI=1S/C20H29N3O3S/c24-19(22-11-4-9-21-10-14-22)17-15-20(16-17)7-12-23(13-8-20)27(25,26)18-5-2-1-3-6-18/h1-3,5-6,17,21H,4,7-16H2. The smallest absolute Gasteiger partial charge is 0.243 e. The number of sulfonamides is 1. The monoisotopic (exact) mass is 391 g/mol. The number of nitrogens with zero attached hydrogens (tertiary/aromatic N) is 2. The molecule has 1 spiro atoms. The molecule has 1 aromatic rings. The molecule has 3 aliphatic rings. The molecular weight excluding hydrogens is 362 g/mol. The third-order valence-electron chi connectivity index (χ3n) is 6.52. The minimum Gasteiger partial charge on any atom is -0.341 e. The van der Waals surface area contributed by atoms with Gasteiger partial charge in [0.2, 0.25) is 15.9 Å². The first-order chi connectivity index (χ1) is 13.0. The first-order valence-corrected chi connectivity index (χ1v) is 11.5. The average Bonchev–Trinajstić information content (AvgIpc) is 2.96. The lowest BCUT2D eigenvalue weighted by atomic mass is 9.57. The van der Waals surface area contributed by atoms with E-state index in [0.29, 0.717) is 23.9 Å². The third kappa shape index (κ3) is 3.77. The van der Waals surface area contributed by atoms with Crippen LogP contribution in [0.3, 0.4) is 0 Å². The van der Waals surface area contributed by atoms with Crippen molar-refractivity contribution in [3.63, 3.8) is 0 Å². The van der Waals surface area contributed by atoms with Crippen LogP contribution in [0.4, 0.5) is 0 Å². The highest BCUT2D eigenvalue weighted by Crippen LogP contribution is 2.53. The van der Waals surface area contributed by atoms with Gasteiger partial charge in [0.1, 0.15) is 0 Å². The van der Waals surface area contributed by atoms with E-state index in [4.69, 9.17) is 0 Å². The van der Waals surface area contributed by atoms with Gasteiger partial charge < -0.3 is 10.2 Å². The van der Waals surface area contributed by atoms with Crippen molar-refractivity contribution in [2.24, 2.45) is 11.3 Å². The Kier molecular flexibility index (Phi) is 5.27. The van der Waals surface area contributed by atoms with Gasteiger partial charge in [-0.3, -0.25) is 4.79 Å². The summed E-state index contributed by atoms with van der Waals surface area (Å²) in [5.41, 5.74) is 0.174. The van der Waals surface area contributed by atoms with E-state index in [1.54, 1.807) is 28.6 Å². The quantitative estimate of drug-likeness (QED) is 0.851. The second-order valence-corrected chi connectivity index (χ2v) is 10.2. The Balaban J connectivity index is 1.32. The van der Waals surface area contributed by atoms with E-state index >= 15 is 0 Å². The molecule has 1 aromatic carbocycles. The summed E-state index contributed by atoms with van der Waals surface area (Å²) >= 11 is 0. The van der Waals surface area contributed by atoms with Crippen LogP contribution < -0.4 is 5.32 Å². The van der Waals surface area contributed by atoms with E-state index in [1.807, 2.05) is 11.0 Å². The zero-order valence-corrected chi connectivity index (χ0v) is 16.6. The minimum atomic E-state index is -3.40. The van der Waals surface area contributed by atoms with Gasteiger partial charge in [-0.05, 0) is 56.2 Å². The van der Waals surface area contributed by atoms with Gasteiger partial charge in [0.15, 0.2) is 0 Å². The van der Waals surface area contributed by atoms with Crippen molar-refractivity contribution in [1.82, 2.24) is 14.5 Å². The topological polar surface area (TPSA) is 69.7 Å². The summed E-state index contributed by atoms with van der Waals surface area (Å²) in [5.74, 6) is 0.448. The van der Waals surface area contributed by atoms with Crippen LogP contribution in [-0.2, 0) is 14.8 Å². The lowest BCUT2D eigenvalue weighted by Crippen LogP contribution is -2.52. The van der Waals surface area contributed by atoms with Gasteiger partial charge in [-0.25, -0.2) is 8.42 Å². The highest BCUT2D eigenvalue weighted by Gasteiger charge is 2.50. The molecule has 0 bridgehead atoms. The van der Waals surface area contributed by atoms with Gasteiger partial charge in [0.05, 0.1) is 4.90 Å². The van der Waals surface area contributed by atoms with E-state index in [0.717, 1.165) is 58.3 Å². The van der Waals surface area contributed by atoms with E-state index in [2.05, 4.69) is 5.32 Å². The second-order valence-electron chi connectivity index (χ2n) is 8.25. The molecule has 148 valence electrons.